The van der Waals surface area contributed by atoms with Crippen LogP contribution in [0.3, 0.4) is 0 Å². The number of phenols is 1. The van der Waals surface area contributed by atoms with Crippen molar-refractivity contribution in [2.45, 2.75) is 32.9 Å². The molecule has 2 aliphatic heterocycles. The van der Waals surface area contributed by atoms with Crippen molar-refractivity contribution in [2.24, 2.45) is 5.92 Å². The minimum Gasteiger partial charge on any atom is -0.508 e. The highest BCUT2D eigenvalue weighted by atomic mass is 16.7. The normalized spacial score (nSPS) is 22.5. The van der Waals surface area contributed by atoms with E-state index in [4.69, 9.17) is 4.84 Å². The van der Waals surface area contributed by atoms with Gasteiger partial charge in [-0.3, -0.25) is 14.4 Å². The number of phenolic OH excluding ortho intramolecular Hbond substituents is 1. The highest BCUT2D eigenvalue weighted by molar-refractivity contribution is 6.24. The van der Waals surface area contributed by atoms with E-state index in [1.54, 1.807) is 29.3 Å². The van der Waals surface area contributed by atoms with Gasteiger partial charge in [0.2, 0.25) is 5.91 Å². The molecule has 0 saturated carbocycles. The zero-order chi connectivity index (χ0) is 22.6. The maximum Gasteiger partial charge on any atom is 0.266 e. The van der Waals surface area contributed by atoms with Gasteiger partial charge in [-0.25, -0.2) is 9.96 Å². The SMILES string of the molecule is Cc1cc(C)c(N2C(=O)[C@H]3[C@@H](c4ccc(O)cc4)N(c4ccccc4)O[C@H]3C2=O)c(C)c1. The number of anilines is 2. The number of nitrogens with zero attached hydrogens (tertiary/aromatic N) is 2. The molecule has 5 rings (SSSR count). The lowest BCUT2D eigenvalue weighted by molar-refractivity contribution is -0.126. The van der Waals surface area contributed by atoms with Gasteiger partial charge in [0.05, 0.1) is 17.4 Å². The summed E-state index contributed by atoms with van der Waals surface area (Å²) in [4.78, 5) is 34.7. The van der Waals surface area contributed by atoms with E-state index in [-0.39, 0.29) is 17.6 Å². The van der Waals surface area contributed by atoms with Crippen LogP contribution in [-0.4, -0.2) is 23.0 Å². The molecular weight excluding hydrogens is 404 g/mol. The average molecular weight is 428 g/mol. The predicted molar refractivity (Wildman–Crippen MR) is 121 cm³/mol. The lowest BCUT2D eigenvalue weighted by atomic mass is 9.90. The van der Waals surface area contributed by atoms with Gasteiger partial charge < -0.3 is 5.11 Å². The molecule has 6 heteroatoms. The van der Waals surface area contributed by atoms with Crippen LogP contribution in [0.2, 0.25) is 0 Å². The molecule has 0 unspecified atom stereocenters. The van der Waals surface area contributed by atoms with Crippen molar-refractivity contribution in [3.63, 3.8) is 0 Å². The number of hydrogen-bond acceptors (Lipinski definition) is 5. The van der Waals surface area contributed by atoms with E-state index in [1.165, 1.54) is 4.90 Å². The maximum absolute atomic E-state index is 13.8. The lowest BCUT2D eigenvalue weighted by Gasteiger charge is -2.29. The van der Waals surface area contributed by atoms with E-state index in [1.807, 2.05) is 63.2 Å². The molecule has 0 aliphatic carbocycles. The van der Waals surface area contributed by atoms with Crippen molar-refractivity contribution in [1.82, 2.24) is 0 Å². The molecule has 2 heterocycles. The highest BCUT2D eigenvalue weighted by Crippen LogP contribution is 2.48. The van der Waals surface area contributed by atoms with Gasteiger partial charge in [-0.05, 0) is 61.7 Å². The number of hydrogen-bond donors (Lipinski definition) is 1. The zero-order valence-corrected chi connectivity index (χ0v) is 18.1. The smallest absolute Gasteiger partial charge is 0.266 e. The number of carbonyl (C=O) groups excluding carboxylic acids is 2. The lowest BCUT2D eigenvalue weighted by Crippen LogP contribution is -2.38. The Balaban J connectivity index is 1.61. The molecule has 2 saturated heterocycles. The van der Waals surface area contributed by atoms with Crippen LogP contribution < -0.4 is 9.96 Å². The van der Waals surface area contributed by atoms with Crippen LogP contribution >= 0.6 is 0 Å². The van der Waals surface area contributed by atoms with E-state index in [0.717, 1.165) is 27.9 Å². The third-order valence-corrected chi connectivity index (χ3v) is 6.22. The summed E-state index contributed by atoms with van der Waals surface area (Å²) in [7, 11) is 0. The second-order valence-electron chi connectivity index (χ2n) is 8.51. The zero-order valence-electron chi connectivity index (χ0n) is 18.1. The van der Waals surface area contributed by atoms with Crippen molar-refractivity contribution in [3.05, 3.63) is 89.0 Å². The topological polar surface area (TPSA) is 70.1 Å². The minimum atomic E-state index is -0.915. The Bertz CT molecular complexity index is 1180. The van der Waals surface area contributed by atoms with E-state index in [0.29, 0.717) is 5.69 Å². The third-order valence-electron chi connectivity index (χ3n) is 6.22. The van der Waals surface area contributed by atoms with Gasteiger partial charge >= 0.3 is 0 Å². The number of rotatable bonds is 3. The van der Waals surface area contributed by atoms with Gasteiger partial charge in [-0.1, -0.05) is 48.0 Å². The second kappa shape index (κ2) is 7.50. The Morgan fingerprint density at radius 1 is 0.844 bits per heavy atom. The van der Waals surface area contributed by atoms with Crippen LogP contribution in [0.1, 0.15) is 28.3 Å². The fourth-order valence-electron chi connectivity index (χ4n) is 4.97. The van der Waals surface area contributed by atoms with Crippen LogP contribution in [-0.2, 0) is 14.4 Å². The number of aromatic hydroxyl groups is 1. The molecular formula is C26H24N2O4. The van der Waals surface area contributed by atoms with E-state index in [9.17, 15) is 14.7 Å². The third kappa shape index (κ3) is 3.07. The van der Waals surface area contributed by atoms with Crippen molar-refractivity contribution in [1.29, 1.82) is 0 Å². The molecule has 162 valence electrons. The Labute approximate surface area is 186 Å². The maximum atomic E-state index is 13.8. The van der Waals surface area contributed by atoms with E-state index in [2.05, 4.69) is 0 Å². The summed E-state index contributed by atoms with van der Waals surface area (Å²) in [5.41, 5.74) is 5.03. The highest BCUT2D eigenvalue weighted by Gasteiger charge is 2.60. The predicted octanol–water partition coefficient (Wildman–Crippen LogP) is 4.37. The van der Waals surface area contributed by atoms with Gasteiger partial charge in [-0.2, -0.15) is 0 Å². The second-order valence-corrected chi connectivity index (χ2v) is 8.51. The molecule has 3 aromatic carbocycles. The van der Waals surface area contributed by atoms with Crippen molar-refractivity contribution >= 4 is 23.2 Å². The summed E-state index contributed by atoms with van der Waals surface area (Å²) in [5.74, 6) is -1.19. The standard InChI is InChI=1S/C26H24N2O4/c1-15-13-16(2)22(17(3)14-15)27-25(30)21-23(18-9-11-20(29)12-10-18)28(32-24(21)26(27)31)19-7-5-4-6-8-19/h4-14,21,23-24,29H,1-3H3/t21-,23+,24+/m0/s1. The summed E-state index contributed by atoms with van der Waals surface area (Å²) in [6.07, 6.45) is -0.915. The van der Waals surface area contributed by atoms with Gasteiger partial charge in [-0.15, -0.1) is 0 Å². The Morgan fingerprint density at radius 2 is 1.47 bits per heavy atom. The Hall–Kier alpha value is -3.64. The van der Waals surface area contributed by atoms with Gasteiger partial charge in [0.25, 0.3) is 5.91 Å². The number of hydroxylamine groups is 1. The molecule has 0 spiro atoms. The fraction of sp³-hybridized carbons (Fsp3) is 0.231. The first kappa shape index (κ1) is 20.3. The number of carbonyl (C=O) groups is 2. The number of fused-ring (bicyclic) bond motifs is 1. The first-order chi connectivity index (χ1) is 15.4. The number of para-hydroxylation sites is 1. The Morgan fingerprint density at radius 3 is 2.09 bits per heavy atom. The number of benzene rings is 3. The van der Waals surface area contributed by atoms with Crippen LogP contribution in [0.4, 0.5) is 11.4 Å². The molecule has 1 N–H and O–H groups in total. The average Bonchev–Trinajstić information content (AvgIpc) is 3.26. The summed E-state index contributed by atoms with van der Waals surface area (Å²) < 4.78 is 0. The number of aryl methyl sites for hydroxylation is 3. The largest absolute Gasteiger partial charge is 0.508 e. The molecule has 3 atom stereocenters. The number of imide groups is 1. The van der Waals surface area contributed by atoms with E-state index < -0.39 is 18.1 Å². The first-order valence-corrected chi connectivity index (χ1v) is 10.6. The molecule has 2 amide bonds. The van der Waals surface area contributed by atoms with Gasteiger partial charge in [0, 0.05) is 0 Å². The summed E-state index contributed by atoms with van der Waals surface area (Å²) in [6.45, 7) is 5.82. The van der Waals surface area contributed by atoms with Crippen molar-refractivity contribution in [3.8, 4) is 5.75 Å². The summed E-state index contributed by atoms with van der Waals surface area (Å²) in [6, 6.07) is 19.6. The monoisotopic (exact) mass is 428 g/mol. The number of amides is 2. The minimum absolute atomic E-state index is 0.136. The van der Waals surface area contributed by atoms with Gasteiger partial charge in [0.1, 0.15) is 11.7 Å². The van der Waals surface area contributed by atoms with E-state index >= 15 is 0 Å². The molecule has 0 aromatic heterocycles. The summed E-state index contributed by atoms with van der Waals surface area (Å²) >= 11 is 0. The molecule has 3 aromatic rings. The van der Waals surface area contributed by atoms with Crippen molar-refractivity contribution < 1.29 is 19.5 Å². The van der Waals surface area contributed by atoms with Crippen LogP contribution in [0, 0.1) is 26.7 Å². The first-order valence-electron chi connectivity index (χ1n) is 10.6. The van der Waals surface area contributed by atoms with Crippen LogP contribution in [0.5, 0.6) is 5.75 Å². The van der Waals surface area contributed by atoms with Crippen LogP contribution in [0.25, 0.3) is 0 Å². The van der Waals surface area contributed by atoms with Crippen LogP contribution in [0.15, 0.2) is 66.7 Å². The fourth-order valence-corrected chi connectivity index (χ4v) is 4.97. The quantitative estimate of drug-likeness (QED) is 0.628. The molecule has 0 radical (unpaired) electrons. The van der Waals surface area contributed by atoms with Crippen molar-refractivity contribution in [2.75, 3.05) is 9.96 Å². The van der Waals surface area contributed by atoms with Gasteiger partial charge in [0.15, 0.2) is 6.10 Å². The molecule has 2 fully saturated rings. The molecule has 32 heavy (non-hydrogen) atoms. The summed E-state index contributed by atoms with van der Waals surface area (Å²) in [5, 5.41) is 11.4. The molecule has 0 bridgehead atoms. The Kier molecular flexibility index (Phi) is 4.75. The molecule has 6 nitrogen and oxygen atoms in total. The molecule has 2 aliphatic rings.